The fourth-order valence-corrected chi connectivity index (χ4v) is 6.63. The van der Waals surface area contributed by atoms with Gasteiger partial charge in [0.15, 0.2) is 0 Å². The van der Waals surface area contributed by atoms with Crippen LogP contribution in [0.4, 0.5) is 9.59 Å². The van der Waals surface area contributed by atoms with E-state index in [1.807, 2.05) is 67.6 Å². The van der Waals surface area contributed by atoms with Crippen molar-refractivity contribution in [3.05, 3.63) is 95.1 Å². The first-order valence-corrected chi connectivity index (χ1v) is 17.7. The molecule has 0 unspecified atom stereocenters. The highest BCUT2D eigenvalue weighted by molar-refractivity contribution is 5.83. The number of carbonyl (C=O) groups excluding carboxylic acids is 4. The van der Waals surface area contributed by atoms with E-state index >= 15 is 0 Å². The van der Waals surface area contributed by atoms with Crippen LogP contribution in [0.2, 0.25) is 0 Å². The summed E-state index contributed by atoms with van der Waals surface area (Å²) in [6, 6.07) is 22.8. The molecule has 2 aliphatic carbocycles. The van der Waals surface area contributed by atoms with Gasteiger partial charge in [-0.15, -0.1) is 0 Å². The van der Waals surface area contributed by atoms with Gasteiger partial charge in [0.2, 0.25) is 5.91 Å². The second-order valence-electron chi connectivity index (χ2n) is 14.4. The van der Waals surface area contributed by atoms with Crippen molar-refractivity contribution >= 4 is 30.2 Å². The van der Waals surface area contributed by atoms with Gasteiger partial charge < -0.3 is 25.4 Å². The molecule has 1 saturated carbocycles. The molecule has 0 spiro atoms. The Hall–Kier alpha value is -5.19. The topological polar surface area (TPSA) is 147 Å². The monoisotopic (exact) mass is 695 g/mol. The summed E-state index contributed by atoms with van der Waals surface area (Å²) in [6.07, 6.45) is 3.53. The Balaban J connectivity index is 1.07. The van der Waals surface area contributed by atoms with Crippen molar-refractivity contribution in [2.24, 2.45) is 16.9 Å². The van der Waals surface area contributed by atoms with Crippen LogP contribution in [0.1, 0.15) is 81.0 Å². The number of amides is 4. The first-order chi connectivity index (χ1) is 24.4. The number of hydrazone groups is 1. The molecule has 0 heterocycles. The minimum Gasteiger partial charge on any atom is -0.460 e. The van der Waals surface area contributed by atoms with Crippen LogP contribution in [0.3, 0.4) is 0 Å². The van der Waals surface area contributed by atoms with Gasteiger partial charge in [-0.1, -0.05) is 78.4 Å². The number of esters is 1. The van der Waals surface area contributed by atoms with Gasteiger partial charge in [0.1, 0.15) is 12.2 Å². The molecular weight excluding hydrogens is 646 g/mol. The predicted molar refractivity (Wildman–Crippen MR) is 196 cm³/mol. The molecule has 0 aliphatic heterocycles. The maximum absolute atomic E-state index is 13.0. The normalized spacial score (nSPS) is 17.5. The number of rotatable bonds is 12. The third kappa shape index (κ3) is 10.9. The zero-order valence-corrected chi connectivity index (χ0v) is 29.9. The minimum absolute atomic E-state index is 0.0315. The summed E-state index contributed by atoms with van der Waals surface area (Å²) in [7, 11) is 0. The molecule has 3 aromatic carbocycles. The number of carbonyl (C=O) groups is 4. The lowest BCUT2D eigenvalue weighted by Crippen LogP contribution is -2.41. The maximum Gasteiger partial charge on any atom is 0.407 e. The van der Waals surface area contributed by atoms with Crippen LogP contribution in [0.25, 0.3) is 11.1 Å². The second-order valence-corrected chi connectivity index (χ2v) is 14.4. The van der Waals surface area contributed by atoms with Crippen LogP contribution >= 0.6 is 0 Å². The number of nitrogens with zero attached hydrogens (tertiary/aromatic N) is 1. The van der Waals surface area contributed by atoms with Gasteiger partial charge >= 0.3 is 18.1 Å². The molecule has 270 valence electrons. The van der Waals surface area contributed by atoms with E-state index < -0.39 is 29.7 Å². The number of benzene rings is 3. The van der Waals surface area contributed by atoms with Gasteiger partial charge in [-0.25, -0.2) is 15.0 Å². The van der Waals surface area contributed by atoms with Crippen LogP contribution in [-0.4, -0.2) is 55.0 Å². The molecular formula is C40H49N5O6. The number of fused-ring (bicyclic) bond motifs is 3. The lowest BCUT2D eigenvalue weighted by molar-refractivity contribution is -0.154. The minimum atomic E-state index is -0.900. The summed E-state index contributed by atoms with van der Waals surface area (Å²) in [6.45, 7) is 8.37. The van der Waals surface area contributed by atoms with Crippen molar-refractivity contribution < 1.29 is 28.7 Å². The molecule has 3 aromatic rings. The third-order valence-electron chi connectivity index (χ3n) is 9.23. The van der Waals surface area contributed by atoms with E-state index in [4.69, 9.17) is 9.47 Å². The zero-order chi connectivity index (χ0) is 36.4. The Morgan fingerprint density at radius 3 is 2.12 bits per heavy atom. The molecule has 2 aliphatic rings. The molecule has 0 aromatic heterocycles. The number of nitrogens with one attached hydrogen (secondary N) is 4. The van der Waals surface area contributed by atoms with Crippen LogP contribution in [0.15, 0.2) is 77.9 Å². The summed E-state index contributed by atoms with van der Waals surface area (Å²) >= 11 is 0. The largest absolute Gasteiger partial charge is 0.460 e. The molecule has 11 nitrogen and oxygen atoms in total. The van der Waals surface area contributed by atoms with E-state index in [1.165, 1.54) is 11.8 Å². The summed E-state index contributed by atoms with van der Waals surface area (Å²) in [5.41, 5.74) is 8.36. The van der Waals surface area contributed by atoms with Gasteiger partial charge in [0.25, 0.3) is 0 Å². The maximum atomic E-state index is 13.0. The van der Waals surface area contributed by atoms with Crippen LogP contribution in [0, 0.1) is 18.8 Å². The van der Waals surface area contributed by atoms with Gasteiger partial charge in [-0.3, -0.25) is 9.59 Å². The third-order valence-corrected chi connectivity index (χ3v) is 9.23. The molecule has 0 radical (unpaired) electrons. The van der Waals surface area contributed by atoms with E-state index in [9.17, 15) is 19.2 Å². The van der Waals surface area contributed by atoms with E-state index in [1.54, 1.807) is 20.8 Å². The lowest BCUT2D eigenvalue weighted by Gasteiger charge is -2.27. The van der Waals surface area contributed by atoms with Crippen LogP contribution < -0.4 is 21.4 Å². The Kier molecular flexibility index (Phi) is 12.5. The number of aryl methyl sites for hydroxylation is 1. The van der Waals surface area contributed by atoms with E-state index in [-0.39, 0.29) is 36.7 Å². The van der Waals surface area contributed by atoms with Gasteiger partial charge in [-0.05, 0) is 87.1 Å². The summed E-state index contributed by atoms with van der Waals surface area (Å²) in [5.74, 6) is -0.377. The number of urea groups is 1. The Morgan fingerprint density at radius 1 is 0.863 bits per heavy atom. The van der Waals surface area contributed by atoms with Crippen molar-refractivity contribution in [3.63, 3.8) is 0 Å². The molecule has 4 N–H and O–H groups in total. The van der Waals surface area contributed by atoms with E-state index in [2.05, 4.69) is 38.6 Å². The Bertz CT molecular complexity index is 1660. The molecule has 0 bridgehead atoms. The summed E-state index contributed by atoms with van der Waals surface area (Å²) in [4.78, 5) is 50.9. The number of alkyl carbamates (subject to hydrolysis) is 1. The van der Waals surface area contributed by atoms with Crippen LogP contribution in [-0.2, 0) is 25.6 Å². The van der Waals surface area contributed by atoms with Crippen molar-refractivity contribution in [2.45, 2.75) is 83.9 Å². The number of hydrogen-bond acceptors (Lipinski definition) is 7. The first-order valence-electron chi connectivity index (χ1n) is 17.7. The molecule has 0 saturated heterocycles. The molecule has 51 heavy (non-hydrogen) atoms. The second kappa shape index (κ2) is 17.2. The smallest absolute Gasteiger partial charge is 0.407 e. The quantitative estimate of drug-likeness (QED) is 0.0988. The number of ether oxygens (including phenoxy) is 2. The highest BCUT2D eigenvalue weighted by atomic mass is 16.6. The van der Waals surface area contributed by atoms with Gasteiger partial charge in [-0.2, -0.15) is 5.10 Å². The van der Waals surface area contributed by atoms with Crippen molar-refractivity contribution in [2.75, 3.05) is 13.2 Å². The van der Waals surface area contributed by atoms with Gasteiger partial charge in [0.05, 0.1) is 12.5 Å². The zero-order valence-electron chi connectivity index (χ0n) is 29.9. The molecule has 4 amide bonds. The van der Waals surface area contributed by atoms with Gasteiger partial charge in [0, 0.05) is 31.1 Å². The average molecular weight is 696 g/mol. The average Bonchev–Trinajstić information content (AvgIpc) is 3.42. The first kappa shape index (κ1) is 37.1. The fraction of sp³-hybridized carbons (Fsp3) is 0.425. The Morgan fingerprint density at radius 2 is 1.49 bits per heavy atom. The lowest BCUT2D eigenvalue weighted by atomic mass is 9.81. The highest BCUT2D eigenvalue weighted by Crippen LogP contribution is 2.44. The van der Waals surface area contributed by atoms with E-state index in [0.717, 1.165) is 53.5 Å². The van der Waals surface area contributed by atoms with Crippen molar-refractivity contribution in [3.8, 4) is 11.1 Å². The van der Waals surface area contributed by atoms with E-state index in [0.29, 0.717) is 13.1 Å². The highest BCUT2D eigenvalue weighted by Gasteiger charge is 2.30. The summed E-state index contributed by atoms with van der Waals surface area (Å²) < 4.78 is 11.1. The molecule has 1 atom stereocenters. The van der Waals surface area contributed by atoms with Crippen molar-refractivity contribution in [1.29, 1.82) is 0 Å². The molecule has 1 fully saturated rings. The Labute approximate surface area is 300 Å². The van der Waals surface area contributed by atoms with Crippen LogP contribution in [0.5, 0.6) is 0 Å². The van der Waals surface area contributed by atoms with Crippen molar-refractivity contribution in [1.82, 2.24) is 21.4 Å². The molecule has 5 rings (SSSR count). The SMILES string of the molecule is Cc1ccc(CNC(=O)C2CCC(CNC(=O)N/N=C/[C@H](CC(=O)OC(C)(C)C)NC(=O)OCC3c4ccccc4-c4ccccc43)CC2)cc1. The number of hydrogen-bond donors (Lipinski definition) is 4. The predicted octanol–water partition coefficient (Wildman–Crippen LogP) is 6.34. The fourth-order valence-electron chi connectivity index (χ4n) is 6.63. The summed E-state index contributed by atoms with van der Waals surface area (Å²) in [5, 5.41) is 12.6. The molecule has 11 heteroatoms. The standard InChI is InChI=1S/C40H49N5O6/c1-26-13-15-27(16-14-26)22-41-37(47)29-19-17-28(18-20-29)23-42-38(48)45-43-24-30(21-36(46)51-40(2,3)4)44-39(49)50-25-35-33-11-7-5-9-31(33)32-10-6-8-12-34(32)35/h5-16,24,28-30,35H,17-23,25H2,1-4H3,(H,41,47)(H,44,49)(H2,42,45,48)/b43-24+/t28?,29?,30-/m0/s1.